The van der Waals surface area contributed by atoms with Crippen molar-refractivity contribution in [3.63, 3.8) is 0 Å². The van der Waals surface area contributed by atoms with E-state index < -0.39 is 8.80 Å². The summed E-state index contributed by atoms with van der Waals surface area (Å²) >= 11 is 0. The molecule has 4 rings (SSSR count). The van der Waals surface area contributed by atoms with Crippen LogP contribution in [0.25, 0.3) is 5.57 Å². The van der Waals surface area contributed by atoms with E-state index in [2.05, 4.69) is 120 Å². The molecule has 1 aliphatic rings. The van der Waals surface area contributed by atoms with Crippen LogP contribution in [0, 0.1) is 0 Å². The molecule has 0 aliphatic heterocycles. The Morgan fingerprint density at radius 3 is 1.56 bits per heavy atom. The van der Waals surface area contributed by atoms with Gasteiger partial charge in [-0.05, 0) is 67.0 Å². The Kier molecular flexibility index (Phi) is 6.39. The summed E-state index contributed by atoms with van der Waals surface area (Å²) in [6.45, 7) is 14.2. The molecule has 0 nitrogen and oxygen atoms in total. The van der Waals surface area contributed by atoms with Crippen molar-refractivity contribution in [2.24, 2.45) is 0 Å². The molecule has 0 bridgehead atoms. The van der Waals surface area contributed by atoms with Crippen molar-refractivity contribution in [3.8, 4) is 0 Å². The monoisotopic (exact) mass is 436 g/mol. The molecule has 1 unspecified atom stereocenters. The van der Waals surface area contributed by atoms with E-state index in [0.717, 1.165) is 12.8 Å². The summed E-state index contributed by atoms with van der Waals surface area (Å²) in [5.74, 6) is 0. The smallest absolute Gasteiger partial charge is 0.0629 e. The molecule has 0 heterocycles. The van der Waals surface area contributed by atoms with E-state index in [1.807, 2.05) is 0 Å². The first kappa shape index (κ1) is 22.5. The number of aryl methyl sites for hydroxylation is 2. The van der Waals surface area contributed by atoms with Crippen LogP contribution >= 0.6 is 0 Å². The first-order chi connectivity index (χ1) is 15.4. The van der Waals surface area contributed by atoms with Gasteiger partial charge in [-0.15, -0.1) is 0 Å². The topological polar surface area (TPSA) is 0 Å². The van der Waals surface area contributed by atoms with E-state index in [1.54, 1.807) is 11.1 Å². The van der Waals surface area contributed by atoms with Gasteiger partial charge in [0.1, 0.15) is 8.80 Å². The van der Waals surface area contributed by atoms with Crippen molar-refractivity contribution in [2.75, 3.05) is 0 Å². The van der Waals surface area contributed by atoms with Crippen LogP contribution in [0.2, 0.25) is 5.04 Å². The molecule has 1 aliphatic carbocycles. The fraction of sp³-hybridized carbons (Fsp3) is 0.290. The van der Waals surface area contributed by atoms with Crippen molar-refractivity contribution in [2.45, 2.75) is 59.4 Å². The second kappa shape index (κ2) is 9.08. The van der Waals surface area contributed by atoms with E-state index in [-0.39, 0.29) is 5.04 Å². The molecule has 1 heteroatoms. The van der Waals surface area contributed by atoms with Gasteiger partial charge in [-0.1, -0.05) is 116 Å². The van der Waals surface area contributed by atoms with Crippen LogP contribution in [-0.4, -0.2) is 8.80 Å². The molecular formula is C31H36Si. The second-order valence-electron chi connectivity index (χ2n) is 9.45. The van der Waals surface area contributed by atoms with E-state index >= 15 is 0 Å². The van der Waals surface area contributed by atoms with E-state index in [0.29, 0.717) is 0 Å². The van der Waals surface area contributed by atoms with Gasteiger partial charge in [0.05, 0.1) is 0 Å². The van der Waals surface area contributed by atoms with Gasteiger partial charge < -0.3 is 0 Å². The molecule has 0 N–H and O–H groups in total. The molecule has 3 aromatic carbocycles. The van der Waals surface area contributed by atoms with Gasteiger partial charge in [0.2, 0.25) is 0 Å². The Hall–Kier alpha value is -2.64. The third-order valence-corrected chi connectivity index (χ3v) is 11.8. The fourth-order valence-corrected chi connectivity index (χ4v) is 10.0. The number of hydrogen-bond acceptors (Lipinski definition) is 0. The number of benzene rings is 3. The summed E-state index contributed by atoms with van der Waals surface area (Å²) in [6, 6.07) is 29.9. The molecule has 0 aromatic heterocycles. The molecule has 0 saturated heterocycles. The van der Waals surface area contributed by atoms with Crippen molar-refractivity contribution in [1.29, 1.82) is 0 Å². The lowest BCUT2D eigenvalue weighted by atomic mass is 9.88. The Morgan fingerprint density at radius 1 is 0.656 bits per heavy atom. The Bertz CT molecular complexity index is 1110. The van der Waals surface area contributed by atoms with Crippen LogP contribution in [0.5, 0.6) is 0 Å². The Balaban J connectivity index is 2.01. The Labute approximate surface area is 196 Å². The molecule has 0 saturated carbocycles. The first-order valence-corrected chi connectivity index (χ1v) is 13.8. The molecule has 0 radical (unpaired) electrons. The summed E-state index contributed by atoms with van der Waals surface area (Å²) in [7, 11) is -1.65. The largest absolute Gasteiger partial charge is 0.117 e. The highest BCUT2D eigenvalue weighted by atomic mass is 28.3. The first-order valence-electron chi connectivity index (χ1n) is 12.0. The third-order valence-electron chi connectivity index (χ3n) is 7.80. The van der Waals surface area contributed by atoms with Crippen LogP contribution < -0.4 is 10.4 Å². The van der Waals surface area contributed by atoms with Gasteiger partial charge in [-0.3, -0.25) is 0 Å². The molecule has 3 aromatic rings. The van der Waals surface area contributed by atoms with Gasteiger partial charge in [0.25, 0.3) is 0 Å². The van der Waals surface area contributed by atoms with Gasteiger partial charge in [0.15, 0.2) is 0 Å². The van der Waals surface area contributed by atoms with Gasteiger partial charge in [-0.2, -0.15) is 0 Å². The highest BCUT2D eigenvalue weighted by Gasteiger charge is 2.47. The molecule has 32 heavy (non-hydrogen) atoms. The zero-order chi connectivity index (χ0) is 22.9. The number of allylic oxidation sites excluding steroid dienone is 4. The van der Waals surface area contributed by atoms with Gasteiger partial charge in [-0.25, -0.2) is 0 Å². The summed E-state index contributed by atoms with van der Waals surface area (Å²) in [4.78, 5) is 0. The van der Waals surface area contributed by atoms with Crippen molar-refractivity contribution in [1.82, 2.24) is 0 Å². The molecule has 164 valence electrons. The summed E-state index contributed by atoms with van der Waals surface area (Å²) in [6.07, 6.45) is 2.15. The maximum Gasteiger partial charge on any atom is 0.117 e. The maximum absolute atomic E-state index is 2.54. The minimum atomic E-state index is -1.65. The standard InChI is InChI=1S/C31H36Si/c1-7-25-19-26(8-2)21-27(20-25)30-23(4)22(3)24(5)31(30,6)32(28-15-11-9-12-16-28)29-17-13-10-14-18-29/h9-21,32H,7-8H2,1-6H3. The van der Waals surface area contributed by atoms with Crippen LogP contribution in [-0.2, 0) is 12.8 Å². The summed E-state index contributed by atoms with van der Waals surface area (Å²) in [5, 5.41) is 3.06. The van der Waals surface area contributed by atoms with Gasteiger partial charge >= 0.3 is 0 Å². The minimum absolute atomic E-state index is 0.0221. The van der Waals surface area contributed by atoms with Crippen molar-refractivity contribution < 1.29 is 0 Å². The average molecular weight is 437 g/mol. The quantitative estimate of drug-likeness (QED) is 0.376. The highest BCUT2D eigenvalue weighted by Crippen LogP contribution is 2.58. The van der Waals surface area contributed by atoms with E-state index in [9.17, 15) is 0 Å². The fourth-order valence-electron chi connectivity index (χ4n) is 5.78. The number of hydrogen-bond donors (Lipinski definition) is 0. The lowest BCUT2D eigenvalue weighted by Gasteiger charge is -2.39. The second-order valence-corrected chi connectivity index (χ2v) is 12.8. The highest BCUT2D eigenvalue weighted by molar-refractivity contribution is 6.89. The zero-order valence-corrected chi connectivity index (χ0v) is 21.7. The zero-order valence-electron chi connectivity index (χ0n) is 20.5. The number of rotatable bonds is 6. The van der Waals surface area contributed by atoms with Gasteiger partial charge in [0, 0.05) is 5.04 Å². The predicted molar refractivity (Wildman–Crippen MR) is 144 cm³/mol. The minimum Gasteiger partial charge on any atom is -0.0629 e. The summed E-state index contributed by atoms with van der Waals surface area (Å²) < 4.78 is 0. The average Bonchev–Trinajstić information content (AvgIpc) is 3.00. The van der Waals surface area contributed by atoms with Crippen LogP contribution in [0.15, 0.2) is 95.6 Å². The molecular weight excluding hydrogens is 400 g/mol. The van der Waals surface area contributed by atoms with E-state index in [4.69, 9.17) is 0 Å². The lowest BCUT2D eigenvalue weighted by molar-refractivity contribution is 0.900. The Morgan fingerprint density at radius 2 is 1.12 bits per heavy atom. The van der Waals surface area contributed by atoms with Crippen LogP contribution in [0.1, 0.15) is 58.2 Å². The molecule has 0 amide bonds. The normalized spacial score (nSPS) is 18.7. The van der Waals surface area contributed by atoms with Crippen LogP contribution in [0.3, 0.4) is 0 Å². The van der Waals surface area contributed by atoms with Crippen molar-refractivity contribution >= 4 is 24.7 Å². The van der Waals surface area contributed by atoms with E-state index in [1.165, 1.54) is 38.2 Å². The third kappa shape index (κ3) is 3.73. The molecule has 0 spiro atoms. The van der Waals surface area contributed by atoms with Crippen LogP contribution in [0.4, 0.5) is 0 Å². The summed E-state index contributed by atoms with van der Waals surface area (Å²) in [5.41, 5.74) is 10.4. The maximum atomic E-state index is 2.54. The SMILES string of the molecule is CCc1cc(CC)cc(C2=C(C)C(C)=C(C)C2(C)[SiH](c2ccccc2)c2ccccc2)c1. The molecule has 1 atom stereocenters. The lowest BCUT2D eigenvalue weighted by Crippen LogP contribution is -2.51. The predicted octanol–water partition coefficient (Wildman–Crippen LogP) is 6.74. The van der Waals surface area contributed by atoms with Crippen molar-refractivity contribution in [3.05, 3.63) is 112 Å². The molecule has 0 fully saturated rings.